The summed E-state index contributed by atoms with van der Waals surface area (Å²) in [7, 11) is 0. The Hall–Kier alpha value is -3.77. The Balaban J connectivity index is 1.42. The maximum Gasteiger partial charge on any atom is 0.272 e. The number of rotatable bonds is 5. The highest BCUT2D eigenvalue weighted by atomic mass is 19.1. The lowest BCUT2D eigenvalue weighted by atomic mass is 10.1. The third-order valence-corrected chi connectivity index (χ3v) is 6.57. The van der Waals surface area contributed by atoms with Crippen molar-refractivity contribution in [3.8, 4) is 16.9 Å². The summed E-state index contributed by atoms with van der Waals surface area (Å²) in [6.07, 6.45) is 0. The van der Waals surface area contributed by atoms with Crippen molar-refractivity contribution in [2.24, 2.45) is 0 Å². The molecule has 0 aliphatic carbocycles. The van der Waals surface area contributed by atoms with Crippen LogP contribution in [0, 0.1) is 19.7 Å². The Bertz CT molecular complexity index is 1320. The molecule has 4 aromatic rings. The van der Waals surface area contributed by atoms with Crippen molar-refractivity contribution in [3.05, 3.63) is 107 Å². The Morgan fingerprint density at radius 3 is 2.31 bits per heavy atom. The van der Waals surface area contributed by atoms with Crippen molar-refractivity contribution in [2.75, 3.05) is 26.2 Å². The Labute approximate surface area is 205 Å². The van der Waals surface area contributed by atoms with E-state index in [1.165, 1.54) is 17.7 Å². The second-order valence-electron chi connectivity index (χ2n) is 9.18. The van der Waals surface area contributed by atoms with Crippen LogP contribution in [0.5, 0.6) is 0 Å². The second kappa shape index (κ2) is 9.84. The average molecular weight is 469 g/mol. The molecule has 0 saturated carbocycles. The summed E-state index contributed by atoms with van der Waals surface area (Å²) in [5, 5.41) is 4.81. The van der Waals surface area contributed by atoms with Gasteiger partial charge in [0.05, 0.1) is 11.4 Å². The minimum absolute atomic E-state index is 0.0360. The predicted molar refractivity (Wildman–Crippen MR) is 136 cm³/mol. The molecular weight excluding hydrogens is 439 g/mol. The fourth-order valence-electron chi connectivity index (χ4n) is 4.54. The first-order valence-electron chi connectivity index (χ1n) is 12.0. The standard InChI is InChI=1S/C29H29FN4O/c1-21-8-9-22(2)27(18-21)34-28(19-26(31-34)24-10-12-25(30)13-11-24)29(35)33-16-14-32(15-17-33)20-23-6-4-3-5-7-23/h3-13,18-19H,14-17,20H2,1-2H3. The summed E-state index contributed by atoms with van der Waals surface area (Å²) in [4.78, 5) is 18.0. The zero-order valence-electron chi connectivity index (χ0n) is 20.1. The van der Waals surface area contributed by atoms with E-state index in [-0.39, 0.29) is 11.7 Å². The van der Waals surface area contributed by atoms with E-state index in [4.69, 9.17) is 5.10 Å². The van der Waals surface area contributed by atoms with Gasteiger partial charge in [-0.25, -0.2) is 9.07 Å². The van der Waals surface area contributed by atoms with Crippen LogP contribution in [0.15, 0.2) is 78.9 Å². The van der Waals surface area contributed by atoms with Crippen molar-refractivity contribution >= 4 is 5.91 Å². The molecule has 1 fully saturated rings. The third kappa shape index (κ3) is 5.03. The van der Waals surface area contributed by atoms with Crippen LogP contribution in [0.25, 0.3) is 16.9 Å². The van der Waals surface area contributed by atoms with Crippen LogP contribution in [0.4, 0.5) is 4.39 Å². The number of hydrogen-bond donors (Lipinski definition) is 0. The molecule has 3 aromatic carbocycles. The molecule has 0 spiro atoms. The largest absolute Gasteiger partial charge is 0.335 e. The van der Waals surface area contributed by atoms with E-state index in [1.54, 1.807) is 16.8 Å². The van der Waals surface area contributed by atoms with Crippen molar-refractivity contribution in [3.63, 3.8) is 0 Å². The zero-order chi connectivity index (χ0) is 24.4. The smallest absolute Gasteiger partial charge is 0.272 e. The summed E-state index contributed by atoms with van der Waals surface area (Å²) in [6, 6.07) is 24.6. The van der Waals surface area contributed by atoms with E-state index in [1.807, 2.05) is 43.0 Å². The number of hydrogen-bond acceptors (Lipinski definition) is 3. The van der Waals surface area contributed by atoms with Crippen LogP contribution >= 0.6 is 0 Å². The van der Waals surface area contributed by atoms with Crippen molar-refractivity contribution < 1.29 is 9.18 Å². The Kier molecular flexibility index (Phi) is 6.47. The van der Waals surface area contributed by atoms with Crippen molar-refractivity contribution in [1.82, 2.24) is 19.6 Å². The van der Waals surface area contributed by atoms with Crippen molar-refractivity contribution in [2.45, 2.75) is 20.4 Å². The van der Waals surface area contributed by atoms with Gasteiger partial charge in [-0.15, -0.1) is 0 Å². The first-order chi connectivity index (χ1) is 17.0. The van der Waals surface area contributed by atoms with E-state index >= 15 is 0 Å². The molecule has 1 amide bonds. The van der Waals surface area contributed by atoms with Gasteiger partial charge in [0.2, 0.25) is 0 Å². The molecule has 5 nitrogen and oxygen atoms in total. The number of aryl methyl sites for hydroxylation is 2. The highest BCUT2D eigenvalue weighted by Gasteiger charge is 2.26. The molecule has 0 N–H and O–H groups in total. The highest BCUT2D eigenvalue weighted by molar-refractivity contribution is 5.94. The van der Waals surface area contributed by atoms with Gasteiger partial charge in [0.15, 0.2) is 0 Å². The number of piperazine rings is 1. The molecule has 0 radical (unpaired) electrons. The Morgan fingerprint density at radius 1 is 0.886 bits per heavy atom. The molecule has 0 atom stereocenters. The summed E-state index contributed by atoms with van der Waals surface area (Å²) in [5.41, 5.74) is 6.24. The quantitative estimate of drug-likeness (QED) is 0.402. The van der Waals surface area contributed by atoms with Gasteiger partial charge in [-0.05, 0) is 66.9 Å². The molecule has 2 heterocycles. The number of benzene rings is 3. The van der Waals surface area contributed by atoms with Gasteiger partial charge in [-0.2, -0.15) is 5.10 Å². The number of amides is 1. The van der Waals surface area contributed by atoms with Crippen LogP contribution in [-0.2, 0) is 6.54 Å². The molecular formula is C29H29FN4O. The lowest BCUT2D eigenvalue weighted by molar-refractivity contribution is 0.0619. The van der Waals surface area contributed by atoms with E-state index < -0.39 is 0 Å². The number of nitrogens with zero attached hydrogens (tertiary/aromatic N) is 4. The lowest BCUT2D eigenvalue weighted by Gasteiger charge is -2.34. The summed E-state index contributed by atoms with van der Waals surface area (Å²) in [6.45, 7) is 7.90. The van der Waals surface area contributed by atoms with Gasteiger partial charge in [0.1, 0.15) is 11.5 Å². The molecule has 178 valence electrons. The van der Waals surface area contributed by atoms with Crippen LogP contribution in [0.1, 0.15) is 27.2 Å². The molecule has 0 unspecified atom stereocenters. The molecule has 1 aliphatic rings. The van der Waals surface area contributed by atoms with Crippen molar-refractivity contribution in [1.29, 1.82) is 0 Å². The maximum atomic E-state index is 13.7. The van der Waals surface area contributed by atoms with Crippen LogP contribution in [0.2, 0.25) is 0 Å². The third-order valence-electron chi connectivity index (χ3n) is 6.57. The molecule has 1 aliphatic heterocycles. The van der Waals surface area contributed by atoms with Crippen LogP contribution < -0.4 is 0 Å². The topological polar surface area (TPSA) is 41.4 Å². The number of carbonyl (C=O) groups excluding carboxylic acids is 1. The molecule has 5 rings (SSSR count). The van der Waals surface area contributed by atoms with Gasteiger partial charge >= 0.3 is 0 Å². The SMILES string of the molecule is Cc1ccc(C)c(-n2nc(-c3ccc(F)cc3)cc2C(=O)N2CCN(Cc3ccccc3)CC2)c1. The van der Waals surface area contributed by atoms with Gasteiger partial charge in [-0.1, -0.05) is 42.5 Å². The molecule has 35 heavy (non-hydrogen) atoms. The summed E-state index contributed by atoms with van der Waals surface area (Å²) < 4.78 is 15.2. The van der Waals surface area contributed by atoms with Gasteiger partial charge in [0, 0.05) is 38.3 Å². The summed E-state index contributed by atoms with van der Waals surface area (Å²) in [5.74, 6) is -0.335. The highest BCUT2D eigenvalue weighted by Crippen LogP contribution is 2.25. The molecule has 6 heteroatoms. The van der Waals surface area contributed by atoms with E-state index in [9.17, 15) is 9.18 Å². The monoisotopic (exact) mass is 468 g/mol. The first-order valence-corrected chi connectivity index (χ1v) is 12.0. The van der Waals surface area contributed by atoms with E-state index in [2.05, 4.69) is 35.2 Å². The average Bonchev–Trinajstić information content (AvgIpc) is 3.32. The first kappa shape index (κ1) is 23.0. The number of carbonyl (C=O) groups is 1. The number of aromatic nitrogens is 2. The van der Waals surface area contributed by atoms with Gasteiger partial charge in [-0.3, -0.25) is 9.69 Å². The maximum absolute atomic E-state index is 13.7. The van der Waals surface area contributed by atoms with Gasteiger partial charge in [0.25, 0.3) is 5.91 Å². The molecule has 0 bridgehead atoms. The fraction of sp³-hybridized carbons (Fsp3) is 0.241. The van der Waals surface area contributed by atoms with E-state index in [0.717, 1.165) is 42.0 Å². The normalized spacial score (nSPS) is 14.3. The number of halogens is 1. The summed E-state index contributed by atoms with van der Waals surface area (Å²) >= 11 is 0. The fourth-order valence-corrected chi connectivity index (χ4v) is 4.54. The minimum Gasteiger partial charge on any atom is -0.335 e. The van der Waals surface area contributed by atoms with Crippen LogP contribution in [0.3, 0.4) is 0 Å². The minimum atomic E-state index is -0.299. The zero-order valence-corrected chi connectivity index (χ0v) is 20.1. The van der Waals surface area contributed by atoms with Crippen LogP contribution in [-0.4, -0.2) is 51.7 Å². The van der Waals surface area contributed by atoms with E-state index in [0.29, 0.717) is 24.5 Å². The molecule has 1 aromatic heterocycles. The second-order valence-corrected chi connectivity index (χ2v) is 9.18. The predicted octanol–water partition coefficient (Wildman–Crippen LogP) is 5.25. The molecule has 1 saturated heterocycles. The lowest BCUT2D eigenvalue weighted by Crippen LogP contribution is -2.48. The Morgan fingerprint density at radius 2 is 1.60 bits per heavy atom. The van der Waals surface area contributed by atoms with Gasteiger partial charge < -0.3 is 4.90 Å².